The number of aromatic nitrogens is 2. The van der Waals surface area contributed by atoms with Crippen molar-refractivity contribution >= 4 is 17.4 Å². The predicted octanol–water partition coefficient (Wildman–Crippen LogP) is 1.32. The first-order valence-electron chi connectivity index (χ1n) is 5.18. The highest BCUT2D eigenvalue weighted by molar-refractivity contribution is 6.29. The van der Waals surface area contributed by atoms with Crippen molar-refractivity contribution in [1.29, 1.82) is 0 Å². The molecule has 0 radical (unpaired) electrons. The monoisotopic (exact) mass is 226 g/mol. The lowest BCUT2D eigenvalue weighted by atomic mass is 10.1. The van der Waals surface area contributed by atoms with Crippen LogP contribution in [0.15, 0.2) is 12.4 Å². The Bertz CT molecular complexity index is 325. The Morgan fingerprint density at radius 1 is 1.40 bits per heavy atom. The molecule has 0 aliphatic carbocycles. The molecule has 1 aromatic rings. The second-order valence-corrected chi connectivity index (χ2v) is 4.18. The Kier molecular flexibility index (Phi) is 3.38. The maximum Gasteiger partial charge on any atom is 0.134 e. The summed E-state index contributed by atoms with van der Waals surface area (Å²) < 4.78 is 0. The van der Waals surface area contributed by atoms with Crippen LogP contribution in [-0.2, 0) is 0 Å². The summed E-state index contributed by atoms with van der Waals surface area (Å²) in [7, 11) is 2.06. The standard InChI is InChI=1S/C10H15ClN4/c1-15(8-2-4-12-5-3-8)10-6-9(11)13-7-14-10/h6-8,12H,2-5H2,1H3. The van der Waals surface area contributed by atoms with Crippen molar-refractivity contribution in [2.24, 2.45) is 0 Å². The molecule has 1 aliphatic heterocycles. The summed E-state index contributed by atoms with van der Waals surface area (Å²) >= 11 is 5.84. The molecule has 4 nitrogen and oxygen atoms in total. The second kappa shape index (κ2) is 4.77. The van der Waals surface area contributed by atoms with Crippen molar-refractivity contribution in [2.45, 2.75) is 18.9 Å². The van der Waals surface area contributed by atoms with E-state index in [1.54, 1.807) is 0 Å². The predicted molar refractivity (Wildman–Crippen MR) is 61.3 cm³/mol. The van der Waals surface area contributed by atoms with Gasteiger partial charge in [-0.15, -0.1) is 0 Å². The van der Waals surface area contributed by atoms with Gasteiger partial charge in [0.15, 0.2) is 0 Å². The molecule has 82 valence electrons. The van der Waals surface area contributed by atoms with E-state index in [9.17, 15) is 0 Å². The third kappa shape index (κ3) is 2.58. The van der Waals surface area contributed by atoms with Crippen LogP contribution < -0.4 is 10.2 Å². The Morgan fingerprint density at radius 2 is 2.13 bits per heavy atom. The van der Waals surface area contributed by atoms with Crippen LogP contribution in [0.1, 0.15) is 12.8 Å². The molecule has 5 heteroatoms. The number of nitrogens with zero attached hydrogens (tertiary/aromatic N) is 3. The summed E-state index contributed by atoms with van der Waals surface area (Å²) in [6.07, 6.45) is 3.81. The minimum atomic E-state index is 0.501. The van der Waals surface area contributed by atoms with Gasteiger partial charge < -0.3 is 10.2 Å². The Labute approximate surface area is 94.7 Å². The maximum absolute atomic E-state index is 5.84. The highest BCUT2D eigenvalue weighted by atomic mass is 35.5. The summed E-state index contributed by atoms with van der Waals surface area (Å²) in [6, 6.07) is 2.36. The molecule has 0 spiro atoms. The molecule has 0 bridgehead atoms. The van der Waals surface area contributed by atoms with E-state index in [0.717, 1.165) is 31.7 Å². The van der Waals surface area contributed by atoms with Gasteiger partial charge in [0.05, 0.1) is 0 Å². The summed E-state index contributed by atoms with van der Waals surface area (Å²) in [5, 5.41) is 3.85. The first-order valence-corrected chi connectivity index (χ1v) is 5.56. The maximum atomic E-state index is 5.84. The molecule has 15 heavy (non-hydrogen) atoms. The molecule has 2 rings (SSSR count). The average molecular weight is 227 g/mol. The van der Waals surface area contributed by atoms with Crippen LogP contribution in [0.5, 0.6) is 0 Å². The van der Waals surface area contributed by atoms with E-state index in [0.29, 0.717) is 11.2 Å². The Morgan fingerprint density at radius 3 is 2.80 bits per heavy atom. The van der Waals surface area contributed by atoms with E-state index in [1.807, 2.05) is 6.07 Å². The number of rotatable bonds is 2. The van der Waals surface area contributed by atoms with E-state index in [2.05, 4.69) is 27.2 Å². The number of hydrogen-bond acceptors (Lipinski definition) is 4. The van der Waals surface area contributed by atoms with E-state index >= 15 is 0 Å². The lowest BCUT2D eigenvalue weighted by Crippen LogP contribution is -2.41. The van der Waals surface area contributed by atoms with Crippen LogP contribution in [0.25, 0.3) is 0 Å². The van der Waals surface area contributed by atoms with Crippen molar-refractivity contribution in [1.82, 2.24) is 15.3 Å². The van der Waals surface area contributed by atoms with Gasteiger partial charge >= 0.3 is 0 Å². The third-order valence-electron chi connectivity index (χ3n) is 2.84. The Hall–Kier alpha value is -0.870. The number of halogens is 1. The van der Waals surface area contributed by atoms with Gasteiger partial charge in [0.1, 0.15) is 17.3 Å². The van der Waals surface area contributed by atoms with Crippen molar-refractivity contribution < 1.29 is 0 Å². The van der Waals surface area contributed by atoms with Crippen LogP contribution in [0.2, 0.25) is 5.15 Å². The minimum absolute atomic E-state index is 0.501. The summed E-state index contributed by atoms with van der Waals surface area (Å²) in [5.41, 5.74) is 0. The number of anilines is 1. The third-order valence-corrected chi connectivity index (χ3v) is 3.04. The zero-order valence-corrected chi connectivity index (χ0v) is 9.54. The molecule has 0 unspecified atom stereocenters. The molecule has 2 heterocycles. The molecular weight excluding hydrogens is 212 g/mol. The van der Waals surface area contributed by atoms with Crippen LogP contribution >= 0.6 is 11.6 Å². The van der Waals surface area contributed by atoms with E-state index < -0.39 is 0 Å². The van der Waals surface area contributed by atoms with Crippen molar-refractivity contribution in [3.8, 4) is 0 Å². The Balaban J connectivity index is 2.08. The number of nitrogens with one attached hydrogen (secondary N) is 1. The minimum Gasteiger partial charge on any atom is -0.356 e. The molecule has 1 aromatic heterocycles. The van der Waals surface area contributed by atoms with Crippen molar-refractivity contribution in [2.75, 3.05) is 25.0 Å². The fraction of sp³-hybridized carbons (Fsp3) is 0.600. The summed E-state index contributed by atoms with van der Waals surface area (Å²) in [4.78, 5) is 10.3. The van der Waals surface area contributed by atoms with Gasteiger partial charge in [0.2, 0.25) is 0 Å². The quantitative estimate of drug-likeness (QED) is 0.773. The SMILES string of the molecule is CN(c1cc(Cl)ncn1)C1CCNCC1. The second-order valence-electron chi connectivity index (χ2n) is 3.79. The van der Waals surface area contributed by atoms with Crippen LogP contribution in [-0.4, -0.2) is 36.1 Å². The fourth-order valence-electron chi connectivity index (χ4n) is 1.90. The van der Waals surface area contributed by atoms with Gasteiger partial charge in [-0.25, -0.2) is 9.97 Å². The fourth-order valence-corrected chi connectivity index (χ4v) is 2.04. The van der Waals surface area contributed by atoms with E-state index in [-0.39, 0.29) is 0 Å². The largest absolute Gasteiger partial charge is 0.356 e. The first-order chi connectivity index (χ1) is 7.27. The van der Waals surface area contributed by atoms with Crippen molar-refractivity contribution in [3.63, 3.8) is 0 Å². The van der Waals surface area contributed by atoms with Gasteiger partial charge in [-0.05, 0) is 25.9 Å². The molecule has 0 amide bonds. The van der Waals surface area contributed by atoms with Crippen LogP contribution in [0.3, 0.4) is 0 Å². The zero-order valence-electron chi connectivity index (χ0n) is 8.78. The van der Waals surface area contributed by atoms with Crippen LogP contribution in [0.4, 0.5) is 5.82 Å². The van der Waals surface area contributed by atoms with Gasteiger partial charge in [0, 0.05) is 19.2 Å². The number of piperidine rings is 1. The molecule has 1 saturated heterocycles. The highest BCUT2D eigenvalue weighted by Gasteiger charge is 2.18. The smallest absolute Gasteiger partial charge is 0.134 e. The highest BCUT2D eigenvalue weighted by Crippen LogP contribution is 2.19. The lowest BCUT2D eigenvalue weighted by molar-refractivity contribution is 0.441. The van der Waals surface area contributed by atoms with Crippen molar-refractivity contribution in [3.05, 3.63) is 17.5 Å². The number of hydrogen-bond donors (Lipinski definition) is 1. The molecular formula is C10H15ClN4. The van der Waals surface area contributed by atoms with E-state index in [1.165, 1.54) is 6.33 Å². The van der Waals surface area contributed by atoms with E-state index in [4.69, 9.17) is 11.6 Å². The molecule has 0 aromatic carbocycles. The molecule has 1 aliphatic rings. The topological polar surface area (TPSA) is 41.1 Å². The molecule has 1 fully saturated rings. The van der Waals surface area contributed by atoms with Gasteiger partial charge in [0.25, 0.3) is 0 Å². The lowest BCUT2D eigenvalue weighted by Gasteiger charge is -2.32. The summed E-state index contributed by atoms with van der Waals surface area (Å²) in [6.45, 7) is 2.15. The van der Waals surface area contributed by atoms with Gasteiger partial charge in [-0.2, -0.15) is 0 Å². The molecule has 0 saturated carbocycles. The van der Waals surface area contributed by atoms with Gasteiger partial charge in [-0.1, -0.05) is 11.6 Å². The first kappa shape index (κ1) is 10.6. The molecule has 0 atom stereocenters. The average Bonchev–Trinajstić information content (AvgIpc) is 2.29. The normalized spacial score (nSPS) is 17.7. The zero-order chi connectivity index (χ0) is 10.7. The summed E-state index contributed by atoms with van der Waals surface area (Å²) in [5.74, 6) is 0.905. The van der Waals surface area contributed by atoms with Crippen LogP contribution in [0, 0.1) is 0 Å². The molecule has 1 N–H and O–H groups in total. The van der Waals surface area contributed by atoms with Gasteiger partial charge in [-0.3, -0.25) is 0 Å².